The molecule has 0 saturated heterocycles. The number of non-ortho nitro benzene ring substituents is 1. The Morgan fingerprint density at radius 1 is 1.07 bits per heavy atom. The number of nitrogens with zero attached hydrogens (tertiary/aromatic N) is 3. The van der Waals surface area contributed by atoms with Gasteiger partial charge in [-0.3, -0.25) is 10.1 Å². The second kappa shape index (κ2) is 7.88. The molecule has 9 heteroatoms. The molecule has 29 heavy (non-hydrogen) atoms. The minimum atomic E-state index is -4.02. The number of sulfonamides is 1. The maximum absolute atomic E-state index is 12.4. The average molecular weight is 412 g/mol. The number of benzene rings is 2. The van der Waals surface area contributed by atoms with Crippen molar-refractivity contribution >= 4 is 21.9 Å². The number of nitro benzene ring substituents is 1. The number of hydrazone groups is 1. The van der Waals surface area contributed by atoms with Crippen LogP contribution in [0, 0.1) is 30.9 Å². The molecular formula is C20H20N4O4S. The van der Waals surface area contributed by atoms with Gasteiger partial charge in [0.15, 0.2) is 0 Å². The van der Waals surface area contributed by atoms with Crippen molar-refractivity contribution in [3.8, 4) is 5.69 Å². The Kier molecular flexibility index (Phi) is 5.51. The molecule has 0 atom stereocenters. The maximum Gasteiger partial charge on any atom is 0.276 e. The topological polar surface area (TPSA) is 107 Å². The van der Waals surface area contributed by atoms with E-state index in [1.54, 1.807) is 0 Å². The number of nitro groups is 1. The average Bonchev–Trinajstić information content (AvgIpc) is 2.96. The standard InChI is InChI=1S/C20H20N4O4S/c1-14-7-9-18(10-8-14)23-15(2)11-17(16(23)3)13-21-22-29(27,28)20-6-4-5-19(12-20)24(25)26/h4-13,22H,1-3H3. The number of hydrogen-bond acceptors (Lipinski definition) is 5. The van der Waals surface area contributed by atoms with Gasteiger partial charge in [0.25, 0.3) is 15.7 Å². The monoisotopic (exact) mass is 412 g/mol. The van der Waals surface area contributed by atoms with E-state index < -0.39 is 14.9 Å². The van der Waals surface area contributed by atoms with Crippen LogP contribution in [0.15, 0.2) is 64.6 Å². The van der Waals surface area contributed by atoms with Crippen LogP contribution in [0.4, 0.5) is 5.69 Å². The van der Waals surface area contributed by atoms with Crippen LogP contribution < -0.4 is 4.83 Å². The van der Waals surface area contributed by atoms with E-state index in [-0.39, 0.29) is 10.6 Å². The Morgan fingerprint density at radius 3 is 2.41 bits per heavy atom. The molecule has 0 bridgehead atoms. The van der Waals surface area contributed by atoms with Crippen LogP contribution in [0.2, 0.25) is 0 Å². The normalized spacial score (nSPS) is 11.7. The van der Waals surface area contributed by atoms with E-state index in [1.807, 2.05) is 51.1 Å². The molecule has 0 saturated carbocycles. The van der Waals surface area contributed by atoms with Gasteiger partial charge in [-0.15, -0.1) is 0 Å². The van der Waals surface area contributed by atoms with Gasteiger partial charge in [0.05, 0.1) is 16.0 Å². The Hall–Kier alpha value is -3.46. The number of nitrogens with one attached hydrogen (secondary N) is 1. The summed E-state index contributed by atoms with van der Waals surface area (Å²) in [5.74, 6) is 0. The summed E-state index contributed by atoms with van der Waals surface area (Å²) in [5.41, 5.74) is 4.50. The van der Waals surface area contributed by atoms with E-state index in [0.29, 0.717) is 0 Å². The Bertz CT molecular complexity index is 1200. The van der Waals surface area contributed by atoms with Crippen molar-refractivity contribution in [2.24, 2.45) is 5.10 Å². The highest BCUT2D eigenvalue weighted by molar-refractivity contribution is 7.89. The third-order valence-electron chi connectivity index (χ3n) is 4.48. The fourth-order valence-corrected chi connectivity index (χ4v) is 3.82. The number of hydrogen-bond donors (Lipinski definition) is 1. The Balaban J connectivity index is 1.84. The minimum Gasteiger partial charge on any atom is -0.318 e. The van der Waals surface area contributed by atoms with E-state index in [4.69, 9.17) is 0 Å². The van der Waals surface area contributed by atoms with Crippen molar-refractivity contribution in [3.63, 3.8) is 0 Å². The van der Waals surface area contributed by atoms with Crippen molar-refractivity contribution < 1.29 is 13.3 Å². The summed E-state index contributed by atoms with van der Waals surface area (Å²) in [6.45, 7) is 5.89. The van der Waals surface area contributed by atoms with Gasteiger partial charge in [-0.05, 0) is 45.0 Å². The molecule has 0 unspecified atom stereocenters. The van der Waals surface area contributed by atoms with Crippen LogP contribution in [0.1, 0.15) is 22.5 Å². The summed E-state index contributed by atoms with van der Waals surface area (Å²) >= 11 is 0. The molecule has 3 aromatic rings. The summed E-state index contributed by atoms with van der Waals surface area (Å²) in [6, 6.07) is 14.8. The van der Waals surface area contributed by atoms with Gasteiger partial charge in [-0.1, -0.05) is 23.8 Å². The maximum atomic E-state index is 12.4. The fourth-order valence-electron chi connectivity index (χ4n) is 2.99. The highest BCUT2D eigenvalue weighted by Crippen LogP contribution is 2.20. The number of aryl methyl sites for hydroxylation is 2. The number of rotatable bonds is 6. The summed E-state index contributed by atoms with van der Waals surface area (Å²) in [5, 5.41) is 14.7. The van der Waals surface area contributed by atoms with Gasteiger partial charge in [0.1, 0.15) is 0 Å². The molecule has 0 aliphatic rings. The van der Waals surface area contributed by atoms with Crippen LogP contribution in [0.5, 0.6) is 0 Å². The zero-order valence-corrected chi connectivity index (χ0v) is 17.0. The lowest BCUT2D eigenvalue weighted by Gasteiger charge is -2.09. The van der Waals surface area contributed by atoms with E-state index in [9.17, 15) is 18.5 Å². The third-order valence-corrected chi connectivity index (χ3v) is 5.70. The smallest absolute Gasteiger partial charge is 0.276 e. The second-order valence-corrected chi connectivity index (χ2v) is 8.27. The van der Waals surface area contributed by atoms with Crippen molar-refractivity contribution in [1.82, 2.24) is 9.40 Å². The molecule has 0 aliphatic carbocycles. The van der Waals surface area contributed by atoms with E-state index >= 15 is 0 Å². The molecule has 0 radical (unpaired) electrons. The molecule has 0 amide bonds. The van der Waals surface area contributed by atoms with Gasteiger partial charge in [0, 0.05) is 34.8 Å². The van der Waals surface area contributed by atoms with Crippen molar-refractivity contribution in [2.75, 3.05) is 0 Å². The Labute approximate surface area is 168 Å². The van der Waals surface area contributed by atoms with Gasteiger partial charge >= 0.3 is 0 Å². The molecule has 0 fully saturated rings. The van der Waals surface area contributed by atoms with Gasteiger partial charge in [-0.25, -0.2) is 4.83 Å². The first kappa shape index (κ1) is 20.3. The van der Waals surface area contributed by atoms with Crippen molar-refractivity contribution in [1.29, 1.82) is 0 Å². The SMILES string of the molecule is Cc1ccc(-n2c(C)cc(C=NNS(=O)(=O)c3cccc([N+](=O)[O-])c3)c2C)cc1. The lowest BCUT2D eigenvalue weighted by atomic mass is 10.2. The van der Waals surface area contributed by atoms with E-state index in [1.165, 1.54) is 24.4 Å². The van der Waals surface area contributed by atoms with Crippen LogP contribution >= 0.6 is 0 Å². The third kappa shape index (κ3) is 4.35. The fraction of sp³-hybridized carbons (Fsp3) is 0.150. The largest absolute Gasteiger partial charge is 0.318 e. The summed E-state index contributed by atoms with van der Waals surface area (Å²) in [4.78, 5) is 12.1. The van der Waals surface area contributed by atoms with Gasteiger partial charge < -0.3 is 4.57 Å². The first-order valence-corrected chi connectivity index (χ1v) is 10.2. The molecule has 8 nitrogen and oxygen atoms in total. The predicted molar refractivity (Wildman–Crippen MR) is 111 cm³/mol. The minimum absolute atomic E-state index is 0.228. The van der Waals surface area contributed by atoms with Crippen molar-refractivity contribution in [3.05, 3.63) is 87.2 Å². The molecule has 1 aromatic heterocycles. The van der Waals surface area contributed by atoms with E-state index in [2.05, 4.69) is 14.5 Å². The lowest BCUT2D eigenvalue weighted by molar-refractivity contribution is -0.385. The zero-order valence-electron chi connectivity index (χ0n) is 16.2. The molecule has 2 aromatic carbocycles. The predicted octanol–water partition coefficient (Wildman–Crippen LogP) is 3.62. The second-order valence-electron chi connectivity index (χ2n) is 6.60. The molecule has 1 heterocycles. The molecular weight excluding hydrogens is 392 g/mol. The van der Waals surface area contributed by atoms with E-state index in [0.717, 1.165) is 34.3 Å². The molecule has 150 valence electrons. The molecule has 0 aliphatic heterocycles. The van der Waals surface area contributed by atoms with Gasteiger partial charge in [0.2, 0.25) is 0 Å². The molecule has 1 N–H and O–H groups in total. The lowest BCUT2D eigenvalue weighted by Crippen LogP contribution is -2.18. The summed E-state index contributed by atoms with van der Waals surface area (Å²) < 4.78 is 26.8. The summed E-state index contributed by atoms with van der Waals surface area (Å²) in [7, 11) is -4.02. The van der Waals surface area contributed by atoms with Crippen molar-refractivity contribution in [2.45, 2.75) is 25.7 Å². The zero-order chi connectivity index (χ0) is 21.2. The first-order valence-electron chi connectivity index (χ1n) is 8.74. The quantitative estimate of drug-likeness (QED) is 0.379. The Morgan fingerprint density at radius 2 is 1.76 bits per heavy atom. The van der Waals surface area contributed by atoms with Crippen LogP contribution in [-0.4, -0.2) is 24.1 Å². The highest BCUT2D eigenvalue weighted by Gasteiger charge is 2.17. The summed E-state index contributed by atoms with van der Waals surface area (Å²) in [6.07, 6.45) is 1.42. The van der Waals surface area contributed by atoms with Gasteiger partial charge in [-0.2, -0.15) is 13.5 Å². The number of aromatic nitrogens is 1. The van der Waals surface area contributed by atoms with Crippen LogP contribution in [-0.2, 0) is 10.0 Å². The van der Waals surface area contributed by atoms with Crippen LogP contribution in [0.25, 0.3) is 5.69 Å². The molecule has 0 spiro atoms. The first-order chi connectivity index (χ1) is 13.7. The highest BCUT2D eigenvalue weighted by atomic mass is 32.2. The van der Waals surface area contributed by atoms with Crippen LogP contribution in [0.3, 0.4) is 0 Å². The molecule has 3 rings (SSSR count).